The van der Waals surface area contributed by atoms with E-state index in [-0.39, 0.29) is 0 Å². The molecule has 0 amide bonds. The van der Waals surface area contributed by atoms with Crippen LogP contribution >= 0.6 is 0 Å². The SMILES string of the molecule is COc1nc2ccccc2cc1/C=C/c1noc(/C=C/c2ccccc2)n1. The Morgan fingerprint density at radius 3 is 2.52 bits per heavy atom. The van der Waals surface area contributed by atoms with E-state index < -0.39 is 0 Å². The van der Waals surface area contributed by atoms with Crippen LogP contribution < -0.4 is 4.74 Å². The van der Waals surface area contributed by atoms with E-state index in [0.29, 0.717) is 17.6 Å². The van der Waals surface area contributed by atoms with Crippen LogP contribution in [-0.2, 0) is 0 Å². The first-order valence-electron chi connectivity index (χ1n) is 8.50. The van der Waals surface area contributed by atoms with E-state index in [9.17, 15) is 0 Å². The fraction of sp³-hybridized carbons (Fsp3) is 0.0455. The lowest BCUT2D eigenvalue weighted by Crippen LogP contribution is -1.92. The maximum atomic E-state index is 5.40. The molecule has 2 aromatic heterocycles. The minimum Gasteiger partial charge on any atom is -0.481 e. The van der Waals surface area contributed by atoms with Crippen LogP contribution in [0.2, 0.25) is 0 Å². The van der Waals surface area contributed by atoms with E-state index in [1.807, 2.05) is 72.8 Å². The van der Waals surface area contributed by atoms with Crippen molar-refractivity contribution >= 4 is 35.2 Å². The summed E-state index contributed by atoms with van der Waals surface area (Å²) in [5.74, 6) is 1.48. The number of hydrogen-bond acceptors (Lipinski definition) is 5. The number of methoxy groups -OCH3 is 1. The minimum atomic E-state index is 0.446. The molecule has 0 atom stereocenters. The molecule has 4 aromatic rings. The number of benzene rings is 2. The van der Waals surface area contributed by atoms with Crippen molar-refractivity contribution in [2.75, 3.05) is 7.11 Å². The molecule has 0 spiro atoms. The van der Waals surface area contributed by atoms with Crippen LogP contribution in [0.1, 0.15) is 22.8 Å². The molecular formula is C22H17N3O2. The van der Waals surface area contributed by atoms with Gasteiger partial charge in [-0.2, -0.15) is 4.98 Å². The number of hydrogen-bond donors (Lipinski definition) is 0. The second-order valence-corrected chi connectivity index (χ2v) is 5.85. The van der Waals surface area contributed by atoms with Crippen LogP contribution in [0.15, 0.2) is 65.2 Å². The molecule has 0 radical (unpaired) electrons. The van der Waals surface area contributed by atoms with E-state index >= 15 is 0 Å². The molecule has 27 heavy (non-hydrogen) atoms. The van der Waals surface area contributed by atoms with Gasteiger partial charge < -0.3 is 9.26 Å². The maximum Gasteiger partial charge on any atom is 0.250 e. The highest BCUT2D eigenvalue weighted by atomic mass is 16.5. The second-order valence-electron chi connectivity index (χ2n) is 5.85. The molecule has 2 heterocycles. The first-order chi connectivity index (χ1) is 13.3. The van der Waals surface area contributed by atoms with Gasteiger partial charge in [-0.05, 0) is 35.9 Å². The van der Waals surface area contributed by atoms with Gasteiger partial charge in [-0.25, -0.2) is 4.98 Å². The van der Waals surface area contributed by atoms with Crippen LogP contribution in [0.25, 0.3) is 35.2 Å². The zero-order valence-electron chi connectivity index (χ0n) is 14.7. The minimum absolute atomic E-state index is 0.446. The second kappa shape index (κ2) is 7.66. The Hall–Kier alpha value is -3.73. The van der Waals surface area contributed by atoms with Crippen LogP contribution in [0, 0.1) is 0 Å². The fourth-order valence-corrected chi connectivity index (χ4v) is 2.68. The number of para-hydroxylation sites is 1. The number of nitrogens with zero attached hydrogens (tertiary/aromatic N) is 3. The first kappa shape index (κ1) is 16.7. The van der Waals surface area contributed by atoms with Gasteiger partial charge in [0.25, 0.3) is 5.89 Å². The van der Waals surface area contributed by atoms with E-state index in [0.717, 1.165) is 22.0 Å². The van der Waals surface area contributed by atoms with Crippen molar-refractivity contribution in [2.45, 2.75) is 0 Å². The fourth-order valence-electron chi connectivity index (χ4n) is 2.68. The van der Waals surface area contributed by atoms with Crippen LogP contribution in [0.4, 0.5) is 0 Å². The highest BCUT2D eigenvalue weighted by molar-refractivity contribution is 5.84. The molecule has 2 aromatic carbocycles. The predicted molar refractivity (Wildman–Crippen MR) is 107 cm³/mol. The molecule has 0 saturated heterocycles. The predicted octanol–water partition coefficient (Wildman–Crippen LogP) is 4.97. The summed E-state index contributed by atoms with van der Waals surface area (Å²) in [4.78, 5) is 8.87. The monoisotopic (exact) mass is 355 g/mol. The van der Waals surface area contributed by atoms with Crippen molar-refractivity contribution in [1.82, 2.24) is 15.1 Å². The molecule has 0 aliphatic heterocycles. The molecule has 0 bridgehead atoms. The van der Waals surface area contributed by atoms with Crippen LogP contribution in [-0.4, -0.2) is 22.2 Å². The number of pyridine rings is 1. The van der Waals surface area contributed by atoms with Gasteiger partial charge in [-0.1, -0.05) is 53.7 Å². The Labute approximate surface area is 156 Å². The quantitative estimate of drug-likeness (QED) is 0.506. The van der Waals surface area contributed by atoms with Crippen molar-refractivity contribution < 1.29 is 9.26 Å². The average Bonchev–Trinajstić information content (AvgIpc) is 3.18. The van der Waals surface area contributed by atoms with Crippen molar-refractivity contribution in [2.24, 2.45) is 0 Å². The highest BCUT2D eigenvalue weighted by Crippen LogP contribution is 2.23. The molecular weight excluding hydrogens is 338 g/mol. The smallest absolute Gasteiger partial charge is 0.250 e. The molecule has 5 nitrogen and oxygen atoms in total. The Morgan fingerprint density at radius 1 is 0.852 bits per heavy atom. The topological polar surface area (TPSA) is 61.0 Å². The van der Waals surface area contributed by atoms with Gasteiger partial charge in [0.15, 0.2) is 5.82 Å². The van der Waals surface area contributed by atoms with Gasteiger partial charge in [0.05, 0.1) is 12.6 Å². The first-order valence-corrected chi connectivity index (χ1v) is 8.50. The Morgan fingerprint density at radius 2 is 1.67 bits per heavy atom. The van der Waals surface area contributed by atoms with Crippen molar-refractivity contribution in [3.05, 3.63) is 83.5 Å². The Balaban J connectivity index is 1.56. The molecule has 0 saturated carbocycles. The van der Waals surface area contributed by atoms with E-state index in [1.54, 1.807) is 19.3 Å². The Kier molecular flexibility index (Phi) is 4.74. The molecule has 132 valence electrons. The molecule has 0 fully saturated rings. The molecule has 4 rings (SSSR count). The van der Waals surface area contributed by atoms with Gasteiger partial charge in [0.1, 0.15) is 0 Å². The molecule has 0 unspecified atom stereocenters. The summed E-state index contributed by atoms with van der Waals surface area (Å²) in [5, 5.41) is 5.02. The molecule has 5 heteroatoms. The van der Waals surface area contributed by atoms with E-state index in [2.05, 4.69) is 15.1 Å². The summed E-state index contributed by atoms with van der Waals surface area (Å²) in [6.07, 6.45) is 7.36. The summed E-state index contributed by atoms with van der Waals surface area (Å²) in [6.45, 7) is 0. The van der Waals surface area contributed by atoms with Crippen LogP contribution in [0.5, 0.6) is 5.88 Å². The largest absolute Gasteiger partial charge is 0.481 e. The average molecular weight is 355 g/mol. The van der Waals surface area contributed by atoms with Crippen molar-refractivity contribution in [3.8, 4) is 5.88 Å². The number of fused-ring (bicyclic) bond motifs is 1. The van der Waals surface area contributed by atoms with Gasteiger partial charge >= 0.3 is 0 Å². The maximum absolute atomic E-state index is 5.40. The zero-order chi connectivity index (χ0) is 18.5. The van der Waals surface area contributed by atoms with E-state index in [1.165, 1.54) is 0 Å². The lowest BCUT2D eigenvalue weighted by atomic mass is 10.1. The summed E-state index contributed by atoms with van der Waals surface area (Å²) in [5.41, 5.74) is 2.81. The molecule has 0 N–H and O–H groups in total. The van der Waals surface area contributed by atoms with Crippen molar-refractivity contribution in [3.63, 3.8) is 0 Å². The zero-order valence-corrected chi connectivity index (χ0v) is 14.7. The normalized spacial score (nSPS) is 11.6. The molecule has 0 aliphatic rings. The standard InChI is InChI=1S/C22H17N3O2/c1-26-22-18(15-17-9-5-6-10-19(17)23-22)12-13-20-24-21(27-25-20)14-11-16-7-3-2-4-8-16/h2-15H,1H3/b13-12+,14-11+. The summed E-state index contributed by atoms with van der Waals surface area (Å²) >= 11 is 0. The van der Waals surface area contributed by atoms with E-state index in [4.69, 9.17) is 9.26 Å². The third-order valence-electron chi connectivity index (χ3n) is 4.00. The summed E-state index contributed by atoms with van der Waals surface area (Å²) < 4.78 is 10.7. The lowest BCUT2D eigenvalue weighted by molar-refractivity contribution is 0.398. The number of aromatic nitrogens is 3. The van der Waals surface area contributed by atoms with Gasteiger partial charge in [-0.15, -0.1) is 0 Å². The Bertz CT molecular complexity index is 1110. The van der Waals surface area contributed by atoms with Crippen LogP contribution in [0.3, 0.4) is 0 Å². The van der Waals surface area contributed by atoms with Gasteiger partial charge in [0, 0.05) is 17.0 Å². The summed E-state index contributed by atoms with van der Waals surface area (Å²) in [6, 6.07) is 19.9. The number of ether oxygens (including phenoxy) is 1. The lowest BCUT2D eigenvalue weighted by Gasteiger charge is -2.05. The summed E-state index contributed by atoms with van der Waals surface area (Å²) in [7, 11) is 1.61. The van der Waals surface area contributed by atoms with Gasteiger partial charge in [0.2, 0.25) is 5.88 Å². The third kappa shape index (κ3) is 3.93. The van der Waals surface area contributed by atoms with Crippen molar-refractivity contribution in [1.29, 1.82) is 0 Å². The third-order valence-corrected chi connectivity index (χ3v) is 4.00. The van der Waals surface area contributed by atoms with Gasteiger partial charge in [-0.3, -0.25) is 0 Å². The number of rotatable bonds is 5. The highest BCUT2D eigenvalue weighted by Gasteiger charge is 2.06. The molecule has 0 aliphatic carbocycles.